The summed E-state index contributed by atoms with van der Waals surface area (Å²) >= 11 is 0. The van der Waals surface area contributed by atoms with Crippen LogP contribution in [0.2, 0.25) is 0 Å². The number of hydrogen-bond donors (Lipinski definition) is 0. The molecule has 0 amide bonds. The van der Waals surface area contributed by atoms with Gasteiger partial charge < -0.3 is 0 Å². The normalized spacial score (nSPS) is 11.8. The third-order valence-corrected chi connectivity index (χ3v) is 4.77. The quantitative estimate of drug-likeness (QED) is 0.306. The van der Waals surface area contributed by atoms with Crippen molar-refractivity contribution in [3.63, 3.8) is 0 Å². The van der Waals surface area contributed by atoms with Crippen LogP contribution in [0.1, 0.15) is 76.7 Å². The first-order chi connectivity index (χ1) is 10.6. The Morgan fingerprint density at radius 3 is 1.86 bits per heavy atom. The van der Waals surface area contributed by atoms with Crippen LogP contribution in [0.3, 0.4) is 0 Å². The van der Waals surface area contributed by atoms with Crippen LogP contribution in [0.15, 0.2) is 24.3 Å². The van der Waals surface area contributed by atoms with Crippen molar-refractivity contribution in [2.24, 2.45) is 0 Å². The molecule has 0 saturated carbocycles. The highest BCUT2D eigenvalue weighted by Crippen LogP contribution is 2.21. The van der Waals surface area contributed by atoms with E-state index in [1.165, 1.54) is 82.0 Å². The van der Waals surface area contributed by atoms with E-state index in [1.807, 2.05) is 0 Å². The molecule has 0 unspecified atom stereocenters. The lowest BCUT2D eigenvalue weighted by Crippen LogP contribution is -2.41. The van der Waals surface area contributed by atoms with Gasteiger partial charge in [-0.3, -0.25) is 4.48 Å². The highest BCUT2D eigenvalue weighted by atomic mass is 15.3. The fraction of sp³-hybridized carbons (Fsp3) is 0.714. The molecule has 0 aromatic heterocycles. The van der Waals surface area contributed by atoms with Crippen LogP contribution in [0.4, 0.5) is 5.69 Å². The maximum Gasteiger partial charge on any atom is 0.132 e. The second-order valence-corrected chi connectivity index (χ2v) is 7.43. The molecule has 1 nitrogen and oxygen atoms in total. The van der Waals surface area contributed by atoms with Crippen molar-refractivity contribution >= 4 is 5.69 Å². The van der Waals surface area contributed by atoms with Crippen LogP contribution in [0, 0.1) is 6.92 Å². The van der Waals surface area contributed by atoms with Gasteiger partial charge in [-0.05, 0) is 31.4 Å². The average Bonchev–Trinajstić information content (AvgIpc) is 2.49. The standard InChI is InChI=1S/C21H38N/c1-5-6-7-8-9-10-11-12-13-14-18-22(3,4)21-17-15-16-20(2)19-21/h15-17,19H,5-14,18H2,1-4H3/q+1. The van der Waals surface area contributed by atoms with Gasteiger partial charge in [0.05, 0.1) is 20.6 Å². The number of hydrogen-bond acceptors (Lipinski definition) is 0. The van der Waals surface area contributed by atoms with Gasteiger partial charge in [0.2, 0.25) is 0 Å². The van der Waals surface area contributed by atoms with E-state index in [9.17, 15) is 0 Å². The Balaban J connectivity index is 2.08. The van der Waals surface area contributed by atoms with E-state index >= 15 is 0 Å². The molecular weight excluding hydrogens is 266 g/mol. The van der Waals surface area contributed by atoms with Gasteiger partial charge in [-0.25, -0.2) is 0 Å². The van der Waals surface area contributed by atoms with Crippen LogP contribution in [-0.2, 0) is 0 Å². The Morgan fingerprint density at radius 2 is 1.32 bits per heavy atom. The number of unbranched alkanes of at least 4 members (excludes halogenated alkanes) is 9. The molecule has 0 radical (unpaired) electrons. The number of benzene rings is 1. The first kappa shape index (κ1) is 19.2. The predicted octanol–water partition coefficient (Wildman–Crippen LogP) is 6.48. The molecule has 0 heterocycles. The van der Waals surface area contributed by atoms with Crippen LogP contribution < -0.4 is 4.48 Å². The molecule has 1 rings (SSSR count). The number of nitrogens with zero attached hydrogens (tertiary/aromatic N) is 1. The van der Waals surface area contributed by atoms with Crippen molar-refractivity contribution in [3.05, 3.63) is 29.8 Å². The average molecular weight is 305 g/mol. The fourth-order valence-corrected chi connectivity index (χ4v) is 3.13. The lowest BCUT2D eigenvalue weighted by molar-refractivity contribution is 0.380. The van der Waals surface area contributed by atoms with Crippen molar-refractivity contribution in [2.45, 2.75) is 78.1 Å². The van der Waals surface area contributed by atoms with E-state index in [2.05, 4.69) is 52.2 Å². The van der Waals surface area contributed by atoms with E-state index in [0.717, 1.165) is 4.48 Å². The Hall–Kier alpha value is -0.820. The summed E-state index contributed by atoms with van der Waals surface area (Å²) in [5, 5.41) is 0. The van der Waals surface area contributed by atoms with E-state index in [0.29, 0.717) is 0 Å². The van der Waals surface area contributed by atoms with Crippen molar-refractivity contribution in [1.29, 1.82) is 0 Å². The number of quaternary nitrogens is 1. The predicted molar refractivity (Wildman–Crippen MR) is 102 cm³/mol. The third kappa shape index (κ3) is 7.98. The lowest BCUT2D eigenvalue weighted by atomic mass is 10.1. The van der Waals surface area contributed by atoms with Gasteiger partial charge in [0, 0.05) is 6.07 Å². The molecule has 0 saturated heterocycles. The zero-order chi connectivity index (χ0) is 16.3. The van der Waals surface area contributed by atoms with Crippen molar-refractivity contribution in [1.82, 2.24) is 4.48 Å². The topological polar surface area (TPSA) is 0 Å². The maximum absolute atomic E-state index is 2.34. The molecule has 0 aliphatic rings. The van der Waals surface area contributed by atoms with Crippen LogP contribution in [-0.4, -0.2) is 20.6 Å². The highest BCUT2D eigenvalue weighted by molar-refractivity contribution is 5.44. The summed E-state index contributed by atoms with van der Waals surface area (Å²) in [7, 11) is 4.67. The third-order valence-electron chi connectivity index (χ3n) is 4.77. The largest absolute Gasteiger partial charge is 0.296 e. The zero-order valence-electron chi connectivity index (χ0n) is 15.5. The molecule has 0 aliphatic heterocycles. The summed E-state index contributed by atoms with van der Waals surface area (Å²) in [6.07, 6.45) is 14.2. The first-order valence-electron chi connectivity index (χ1n) is 9.46. The van der Waals surface area contributed by atoms with Gasteiger partial charge in [0.15, 0.2) is 0 Å². The molecule has 1 aromatic carbocycles. The highest BCUT2D eigenvalue weighted by Gasteiger charge is 2.17. The van der Waals surface area contributed by atoms with E-state index in [1.54, 1.807) is 0 Å². The molecule has 126 valence electrons. The van der Waals surface area contributed by atoms with Gasteiger partial charge in [-0.1, -0.05) is 70.4 Å². The fourth-order valence-electron chi connectivity index (χ4n) is 3.13. The smallest absolute Gasteiger partial charge is 0.132 e. The summed E-state index contributed by atoms with van der Waals surface area (Å²) in [4.78, 5) is 0. The summed E-state index contributed by atoms with van der Waals surface area (Å²) in [6.45, 7) is 5.72. The van der Waals surface area contributed by atoms with Gasteiger partial charge in [0.1, 0.15) is 5.69 Å². The Bertz CT molecular complexity index is 395. The zero-order valence-corrected chi connectivity index (χ0v) is 15.5. The molecule has 0 spiro atoms. The Labute approximate surface area is 139 Å². The Kier molecular flexibility index (Phi) is 9.47. The van der Waals surface area contributed by atoms with E-state index in [-0.39, 0.29) is 0 Å². The first-order valence-corrected chi connectivity index (χ1v) is 9.46. The molecule has 1 aromatic rings. The second kappa shape index (κ2) is 10.8. The van der Waals surface area contributed by atoms with Gasteiger partial charge in [0.25, 0.3) is 0 Å². The minimum atomic E-state index is 1.01. The monoisotopic (exact) mass is 304 g/mol. The summed E-state index contributed by atoms with van der Waals surface area (Å²) < 4.78 is 1.01. The van der Waals surface area contributed by atoms with Gasteiger partial charge in [-0.15, -0.1) is 0 Å². The molecule has 1 heteroatoms. The van der Waals surface area contributed by atoms with Crippen molar-refractivity contribution in [2.75, 3.05) is 20.6 Å². The van der Waals surface area contributed by atoms with E-state index < -0.39 is 0 Å². The van der Waals surface area contributed by atoms with E-state index in [4.69, 9.17) is 0 Å². The SMILES string of the molecule is CCCCCCCCCCCC[N+](C)(C)c1cccc(C)c1. The second-order valence-electron chi connectivity index (χ2n) is 7.43. The molecule has 0 N–H and O–H groups in total. The van der Waals surface area contributed by atoms with Gasteiger partial charge in [-0.2, -0.15) is 0 Å². The molecule has 0 aliphatic carbocycles. The Morgan fingerprint density at radius 1 is 0.773 bits per heavy atom. The molecular formula is C21H38N+. The maximum atomic E-state index is 2.34. The number of rotatable bonds is 12. The minimum Gasteiger partial charge on any atom is -0.296 e. The molecule has 0 bridgehead atoms. The lowest BCUT2D eigenvalue weighted by Gasteiger charge is -2.29. The molecule has 22 heavy (non-hydrogen) atoms. The molecule has 0 fully saturated rings. The van der Waals surface area contributed by atoms with Gasteiger partial charge >= 0.3 is 0 Å². The van der Waals surface area contributed by atoms with Crippen molar-refractivity contribution < 1.29 is 0 Å². The van der Waals surface area contributed by atoms with Crippen LogP contribution in [0.25, 0.3) is 0 Å². The van der Waals surface area contributed by atoms with Crippen LogP contribution in [0.5, 0.6) is 0 Å². The van der Waals surface area contributed by atoms with Crippen LogP contribution >= 0.6 is 0 Å². The molecule has 0 atom stereocenters. The van der Waals surface area contributed by atoms with Crippen molar-refractivity contribution in [3.8, 4) is 0 Å². The summed E-state index contributed by atoms with van der Waals surface area (Å²) in [6, 6.07) is 8.97. The number of aryl methyl sites for hydroxylation is 1. The minimum absolute atomic E-state index is 1.01. The summed E-state index contributed by atoms with van der Waals surface area (Å²) in [5.41, 5.74) is 2.81. The summed E-state index contributed by atoms with van der Waals surface area (Å²) in [5.74, 6) is 0.